The highest BCUT2D eigenvalue weighted by molar-refractivity contribution is 5.61. The average molecular weight is 197 g/mol. The van der Waals surface area contributed by atoms with Gasteiger partial charge in [-0.2, -0.15) is 5.26 Å². The Morgan fingerprint density at radius 1 is 1.27 bits per heavy atom. The first-order valence-electron chi connectivity index (χ1n) is 4.32. The molecule has 0 amide bonds. The third kappa shape index (κ3) is 1.76. The second-order valence-corrected chi connectivity index (χ2v) is 2.92. The molecular formula is C11H7N3O. The van der Waals surface area contributed by atoms with E-state index in [1.54, 1.807) is 18.3 Å². The first-order valence-corrected chi connectivity index (χ1v) is 4.32. The van der Waals surface area contributed by atoms with Crippen LogP contribution in [0.1, 0.15) is 5.69 Å². The Morgan fingerprint density at radius 2 is 2.13 bits per heavy atom. The van der Waals surface area contributed by atoms with E-state index >= 15 is 0 Å². The lowest BCUT2D eigenvalue weighted by atomic mass is 10.1. The van der Waals surface area contributed by atoms with Crippen molar-refractivity contribution >= 4 is 0 Å². The van der Waals surface area contributed by atoms with Crippen molar-refractivity contribution < 1.29 is 5.11 Å². The van der Waals surface area contributed by atoms with E-state index in [1.807, 2.05) is 12.1 Å². The Hall–Kier alpha value is -2.41. The second kappa shape index (κ2) is 3.76. The Morgan fingerprint density at radius 3 is 2.73 bits per heavy atom. The molecule has 0 saturated heterocycles. The summed E-state index contributed by atoms with van der Waals surface area (Å²) in [7, 11) is 0. The Balaban J connectivity index is 2.49. The number of nitriles is 1. The van der Waals surface area contributed by atoms with Crippen molar-refractivity contribution in [1.82, 2.24) is 9.97 Å². The van der Waals surface area contributed by atoms with Crippen molar-refractivity contribution in [2.24, 2.45) is 0 Å². The van der Waals surface area contributed by atoms with Gasteiger partial charge in [-0.3, -0.25) is 4.98 Å². The van der Waals surface area contributed by atoms with Crippen LogP contribution < -0.4 is 0 Å². The number of nitrogens with zero attached hydrogens (tertiary/aromatic N) is 3. The standard InChI is InChI=1S/C11H7N3O/c12-6-10-11(15)5-8(7-14-10)9-3-1-2-4-13-9/h1-5,7,15H. The van der Waals surface area contributed by atoms with Gasteiger partial charge < -0.3 is 5.11 Å². The smallest absolute Gasteiger partial charge is 0.182 e. The molecule has 15 heavy (non-hydrogen) atoms. The maximum Gasteiger partial charge on any atom is 0.182 e. The van der Waals surface area contributed by atoms with Gasteiger partial charge in [-0.05, 0) is 18.2 Å². The highest BCUT2D eigenvalue weighted by atomic mass is 16.3. The molecule has 0 unspecified atom stereocenters. The SMILES string of the molecule is N#Cc1ncc(-c2ccccn2)cc1O. The second-order valence-electron chi connectivity index (χ2n) is 2.92. The fourth-order valence-corrected chi connectivity index (χ4v) is 1.21. The minimum Gasteiger partial charge on any atom is -0.505 e. The molecule has 4 nitrogen and oxygen atoms in total. The van der Waals surface area contributed by atoms with Crippen molar-refractivity contribution in [2.75, 3.05) is 0 Å². The molecule has 0 fully saturated rings. The number of rotatable bonds is 1. The number of aromatic hydroxyl groups is 1. The van der Waals surface area contributed by atoms with Crippen LogP contribution in [0.3, 0.4) is 0 Å². The molecule has 72 valence electrons. The fourth-order valence-electron chi connectivity index (χ4n) is 1.21. The van der Waals surface area contributed by atoms with Crippen LogP contribution in [0.25, 0.3) is 11.3 Å². The Kier molecular flexibility index (Phi) is 2.30. The third-order valence-corrected chi connectivity index (χ3v) is 1.93. The van der Waals surface area contributed by atoms with Gasteiger partial charge in [0.15, 0.2) is 11.4 Å². The van der Waals surface area contributed by atoms with Crippen molar-refractivity contribution in [3.8, 4) is 23.1 Å². The van der Waals surface area contributed by atoms with E-state index in [2.05, 4.69) is 9.97 Å². The first kappa shape index (κ1) is 9.16. The maximum atomic E-state index is 9.44. The predicted molar refractivity (Wildman–Crippen MR) is 53.8 cm³/mol. The van der Waals surface area contributed by atoms with Crippen LogP contribution in [0, 0.1) is 11.3 Å². The molecule has 2 heterocycles. The lowest BCUT2D eigenvalue weighted by Crippen LogP contribution is -1.87. The molecule has 0 saturated carbocycles. The van der Waals surface area contributed by atoms with Crippen LogP contribution >= 0.6 is 0 Å². The van der Waals surface area contributed by atoms with E-state index in [-0.39, 0.29) is 11.4 Å². The van der Waals surface area contributed by atoms with E-state index in [4.69, 9.17) is 5.26 Å². The molecule has 0 atom stereocenters. The van der Waals surface area contributed by atoms with Gasteiger partial charge >= 0.3 is 0 Å². The number of hydrogen-bond acceptors (Lipinski definition) is 4. The fraction of sp³-hybridized carbons (Fsp3) is 0. The zero-order valence-electron chi connectivity index (χ0n) is 7.75. The molecule has 0 aliphatic rings. The van der Waals surface area contributed by atoms with Gasteiger partial charge in [0.2, 0.25) is 0 Å². The molecular weight excluding hydrogens is 190 g/mol. The summed E-state index contributed by atoms with van der Waals surface area (Å²) >= 11 is 0. The first-order chi connectivity index (χ1) is 7.31. The van der Waals surface area contributed by atoms with E-state index in [1.165, 1.54) is 12.3 Å². The minimum atomic E-state index is -0.124. The molecule has 4 heteroatoms. The van der Waals surface area contributed by atoms with Crippen molar-refractivity contribution in [1.29, 1.82) is 5.26 Å². The van der Waals surface area contributed by atoms with E-state index in [0.29, 0.717) is 11.3 Å². The molecule has 0 aliphatic carbocycles. The predicted octanol–water partition coefficient (Wildman–Crippen LogP) is 1.72. The molecule has 0 bridgehead atoms. The van der Waals surface area contributed by atoms with Crippen LogP contribution in [0.2, 0.25) is 0 Å². The van der Waals surface area contributed by atoms with Gasteiger partial charge in [-0.15, -0.1) is 0 Å². The number of pyridine rings is 2. The van der Waals surface area contributed by atoms with Crippen LogP contribution in [0.5, 0.6) is 5.75 Å². The third-order valence-electron chi connectivity index (χ3n) is 1.93. The topological polar surface area (TPSA) is 69.8 Å². The van der Waals surface area contributed by atoms with Gasteiger partial charge in [-0.1, -0.05) is 6.07 Å². The highest BCUT2D eigenvalue weighted by Gasteiger charge is 2.05. The van der Waals surface area contributed by atoms with Gasteiger partial charge in [0.25, 0.3) is 0 Å². The lowest BCUT2D eigenvalue weighted by molar-refractivity contribution is 0.471. The average Bonchev–Trinajstić information content (AvgIpc) is 2.30. The molecule has 0 radical (unpaired) electrons. The molecule has 2 rings (SSSR count). The van der Waals surface area contributed by atoms with Gasteiger partial charge in [0.05, 0.1) is 5.69 Å². The van der Waals surface area contributed by atoms with Crippen molar-refractivity contribution in [2.45, 2.75) is 0 Å². The zero-order valence-corrected chi connectivity index (χ0v) is 7.75. The molecule has 0 aromatic carbocycles. The normalized spacial score (nSPS) is 9.53. The Labute approximate surface area is 86.5 Å². The summed E-state index contributed by atoms with van der Waals surface area (Å²) in [5, 5.41) is 18.0. The maximum absolute atomic E-state index is 9.44. The monoisotopic (exact) mass is 197 g/mol. The van der Waals surface area contributed by atoms with Gasteiger partial charge in [0, 0.05) is 18.0 Å². The summed E-state index contributed by atoms with van der Waals surface area (Å²) in [6.45, 7) is 0. The summed E-state index contributed by atoms with van der Waals surface area (Å²) in [5.41, 5.74) is 1.42. The van der Waals surface area contributed by atoms with E-state index < -0.39 is 0 Å². The van der Waals surface area contributed by atoms with Crippen LogP contribution in [-0.4, -0.2) is 15.1 Å². The minimum absolute atomic E-state index is 0.0229. The Bertz CT molecular complexity index is 517. The highest BCUT2D eigenvalue weighted by Crippen LogP contribution is 2.22. The van der Waals surface area contributed by atoms with E-state index in [9.17, 15) is 5.11 Å². The van der Waals surface area contributed by atoms with Crippen LogP contribution in [0.4, 0.5) is 0 Å². The van der Waals surface area contributed by atoms with E-state index in [0.717, 1.165) is 0 Å². The van der Waals surface area contributed by atoms with Crippen molar-refractivity contribution in [3.05, 3.63) is 42.4 Å². The molecule has 0 aliphatic heterocycles. The summed E-state index contributed by atoms with van der Waals surface area (Å²) < 4.78 is 0. The van der Waals surface area contributed by atoms with Gasteiger partial charge in [-0.25, -0.2) is 4.98 Å². The lowest BCUT2D eigenvalue weighted by Gasteiger charge is -2.00. The molecule has 2 aromatic heterocycles. The molecule has 1 N–H and O–H groups in total. The molecule has 2 aromatic rings. The summed E-state index contributed by atoms with van der Waals surface area (Å²) in [4.78, 5) is 7.93. The van der Waals surface area contributed by atoms with Crippen LogP contribution in [-0.2, 0) is 0 Å². The quantitative estimate of drug-likeness (QED) is 0.755. The summed E-state index contributed by atoms with van der Waals surface area (Å²) in [5.74, 6) is -0.124. The largest absolute Gasteiger partial charge is 0.505 e. The van der Waals surface area contributed by atoms with Gasteiger partial charge in [0.1, 0.15) is 6.07 Å². The van der Waals surface area contributed by atoms with Crippen molar-refractivity contribution in [3.63, 3.8) is 0 Å². The molecule has 0 spiro atoms. The van der Waals surface area contributed by atoms with Crippen LogP contribution in [0.15, 0.2) is 36.7 Å². The number of hydrogen-bond donors (Lipinski definition) is 1. The summed E-state index contributed by atoms with van der Waals surface area (Å²) in [6, 6.07) is 8.73. The number of aromatic nitrogens is 2. The zero-order chi connectivity index (χ0) is 10.7. The summed E-state index contributed by atoms with van der Waals surface area (Å²) in [6.07, 6.45) is 3.17.